The van der Waals surface area contributed by atoms with E-state index in [4.69, 9.17) is 16.3 Å². The van der Waals surface area contributed by atoms with Gasteiger partial charge in [0.2, 0.25) is 5.91 Å². The zero-order valence-electron chi connectivity index (χ0n) is 16.5. The van der Waals surface area contributed by atoms with Gasteiger partial charge in [0.1, 0.15) is 0 Å². The maximum Gasteiger partial charge on any atom is 0.254 e. The number of methoxy groups -OCH3 is 1. The predicted molar refractivity (Wildman–Crippen MR) is 113 cm³/mol. The Balaban J connectivity index is 1.78. The molecular formula is C23H25ClN2O3. The molecule has 4 rings (SSSR count). The molecule has 1 N–H and O–H groups in total. The Kier molecular flexibility index (Phi) is 5.61. The van der Waals surface area contributed by atoms with Gasteiger partial charge >= 0.3 is 0 Å². The van der Waals surface area contributed by atoms with Crippen molar-refractivity contribution < 1.29 is 14.3 Å². The highest BCUT2D eigenvalue weighted by Gasteiger charge is 2.55. The molecule has 29 heavy (non-hydrogen) atoms. The Hall–Kier alpha value is -2.37. The summed E-state index contributed by atoms with van der Waals surface area (Å²) >= 11 is 6.10. The number of halogens is 1. The summed E-state index contributed by atoms with van der Waals surface area (Å²) < 4.78 is 5.28. The normalized spacial score (nSPS) is 20.0. The number of carbonyl (C=O) groups is 2. The molecule has 1 atom stereocenters. The molecule has 2 aliphatic rings. The Morgan fingerprint density at radius 2 is 1.97 bits per heavy atom. The van der Waals surface area contributed by atoms with Crippen LogP contribution in [0.25, 0.3) is 0 Å². The fraction of sp³-hybridized carbons (Fsp3) is 0.391. The molecule has 2 aromatic carbocycles. The van der Waals surface area contributed by atoms with Gasteiger partial charge in [0, 0.05) is 29.9 Å². The van der Waals surface area contributed by atoms with Crippen molar-refractivity contribution in [2.45, 2.75) is 37.1 Å². The van der Waals surface area contributed by atoms with Crippen molar-refractivity contribution in [3.05, 3.63) is 64.7 Å². The van der Waals surface area contributed by atoms with Crippen molar-refractivity contribution in [3.8, 4) is 0 Å². The number of benzene rings is 2. The maximum absolute atomic E-state index is 13.6. The summed E-state index contributed by atoms with van der Waals surface area (Å²) in [5.74, 6) is -0.544. The lowest BCUT2D eigenvalue weighted by Crippen LogP contribution is -2.60. The Morgan fingerprint density at radius 1 is 1.21 bits per heavy atom. The molecule has 5 nitrogen and oxygen atoms in total. The van der Waals surface area contributed by atoms with E-state index < -0.39 is 11.5 Å². The SMILES string of the molecule is COCCN1C(=O)c2ccccc2C(C(=O)Nc2cccc(Cl)c2)C12CCCC2. The molecule has 0 saturated heterocycles. The molecule has 1 saturated carbocycles. The van der Waals surface area contributed by atoms with Crippen LogP contribution in [0.5, 0.6) is 0 Å². The average Bonchev–Trinajstić information content (AvgIpc) is 3.18. The van der Waals surface area contributed by atoms with Crippen LogP contribution in [0.4, 0.5) is 5.69 Å². The first-order valence-corrected chi connectivity index (χ1v) is 10.4. The van der Waals surface area contributed by atoms with Gasteiger partial charge in [0.05, 0.1) is 18.1 Å². The molecule has 1 spiro atoms. The summed E-state index contributed by atoms with van der Waals surface area (Å²) in [6, 6.07) is 14.6. The fourth-order valence-corrected chi connectivity index (χ4v) is 5.15. The zero-order valence-corrected chi connectivity index (χ0v) is 17.2. The second-order valence-corrected chi connectivity index (χ2v) is 8.22. The number of carbonyl (C=O) groups excluding carboxylic acids is 2. The summed E-state index contributed by atoms with van der Waals surface area (Å²) in [5, 5.41) is 3.61. The topological polar surface area (TPSA) is 58.6 Å². The maximum atomic E-state index is 13.6. The predicted octanol–water partition coefficient (Wildman–Crippen LogP) is 4.48. The summed E-state index contributed by atoms with van der Waals surface area (Å²) in [7, 11) is 1.63. The number of nitrogens with one attached hydrogen (secondary N) is 1. The van der Waals surface area contributed by atoms with Crippen LogP contribution >= 0.6 is 11.6 Å². The zero-order chi connectivity index (χ0) is 20.4. The van der Waals surface area contributed by atoms with Crippen LogP contribution < -0.4 is 5.32 Å². The monoisotopic (exact) mass is 412 g/mol. The minimum atomic E-state index is -0.521. The molecule has 2 amide bonds. The van der Waals surface area contributed by atoms with E-state index in [2.05, 4.69) is 5.32 Å². The molecule has 152 valence electrons. The van der Waals surface area contributed by atoms with E-state index in [1.165, 1.54) is 0 Å². The lowest BCUT2D eigenvalue weighted by Gasteiger charge is -2.50. The van der Waals surface area contributed by atoms with E-state index in [1.54, 1.807) is 19.2 Å². The van der Waals surface area contributed by atoms with Crippen LogP contribution in [-0.2, 0) is 9.53 Å². The molecule has 0 aromatic heterocycles. The number of anilines is 1. The van der Waals surface area contributed by atoms with Gasteiger partial charge in [0.15, 0.2) is 0 Å². The molecule has 0 bridgehead atoms. The summed E-state index contributed by atoms with van der Waals surface area (Å²) in [6.45, 7) is 0.920. The quantitative estimate of drug-likeness (QED) is 0.787. The van der Waals surface area contributed by atoms with E-state index >= 15 is 0 Å². The van der Waals surface area contributed by atoms with Gasteiger partial charge in [-0.1, -0.05) is 48.7 Å². The van der Waals surface area contributed by atoms with Crippen LogP contribution in [0, 0.1) is 0 Å². The van der Waals surface area contributed by atoms with E-state index in [1.807, 2.05) is 41.3 Å². The minimum Gasteiger partial charge on any atom is -0.383 e. The largest absolute Gasteiger partial charge is 0.383 e. The van der Waals surface area contributed by atoms with Crippen LogP contribution in [0.2, 0.25) is 5.02 Å². The van der Waals surface area contributed by atoms with Crippen LogP contribution in [-0.4, -0.2) is 42.5 Å². The number of hydrogen-bond acceptors (Lipinski definition) is 3. The average molecular weight is 413 g/mol. The third-order valence-corrected chi connectivity index (χ3v) is 6.40. The smallest absolute Gasteiger partial charge is 0.254 e. The van der Waals surface area contributed by atoms with E-state index in [-0.39, 0.29) is 11.8 Å². The second-order valence-electron chi connectivity index (χ2n) is 7.78. The lowest BCUT2D eigenvalue weighted by molar-refractivity contribution is -0.121. The third kappa shape index (κ3) is 3.53. The highest BCUT2D eigenvalue weighted by atomic mass is 35.5. The molecule has 2 aromatic rings. The van der Waals surface area contributed by atoms with Crippen molar-refractivity contribution in [1.82, 2.24) is 4.90 Å². The molecule has 1 unspecified atom stereocenters. The highest BCUT2D eigenvalue weighted by molar-refractivity contribution is 6.30. The van der Waals surface area contributed by atoms with E-state index in [0.717, 1.165) is 31.2 Å². The molecule has 1 aliphatic carbocycles. The van der Waals surface area contributed by atoms with Crippen molar-refractivity contribution in [2.24, 2.45) is 0 Å². The van der Waals surface area contributed by atoms with Crippen LogP contribution in [0.3, 0.4) is 0 Å². The number of amides is 2. The van der Waals surface area contributed by atoms with Crippen molar-refractivity contribution in [1.29, 1.82) is 0 Å². The van der Waals surface area contributed by atoms with Gasteiger partial charge in [-0.15, -0.1) is 0 Å². The standard InChI is InChI=1S/C23H25ClN2O3/c1-29-14-13-26-22(28)19-10-3-2-9-18(19)20(23(26)11-4-5-12-23)21(27)25-17-8-6-7-16(24)15-17/h2-3,6-10,15,20H,4-5,11-14H2,1H3,(H,25,27). The van der Waals surface area contributed by atoms with Gasteiger partial charge < -0.3 is 15.0 Å². The van der Waals surface area contributed by atoms with Gasteiger partial charge in [-0.05, 0) is 42.7 Å². The molecule has 1 fully saturated rings. The van der Waals surface area contributed by atoms with E-state index in [0.29, 0.717) is 29.4 Å². The molecule has 1 heterocycles. The highest BCUT2D eigenvalue weighted by Crippen LogP contribution is 2.50. The summed E-state index contributed by atoms with van der Waals surface area (Å²) in [5.41, 5.74) is 1.56. The lowest BCUT2D eigenvalue weighted by atomic mass is 9.71. The Bertz CT molecular complexity index is 924. The molecule has 6 heteroatoms. The van der Waals surface area contributed by atoms with Crippen molar-refractivity contribution >= 4 is 29.1 Å². The molecular weight excluding hydrogens is 388 g/mol. The first kappa shape index (κ1) is 19.9. The Morgan fingerprint density at radius 3 is 2.69 bits per heavy atom. The summed E-state index contributed by atoms with van der Waals surface area (Å²) in [4.78, 5) is 28.9. The first-order chi connectivity index (χ1) is 14.1. The second kappa shape index (κ2) is 8.17. The van der Waals surface area contributed by atoms with Gasteiger partial charge in [-0.25, -0.2) is 0 Å². The summed E-state index contributed by atoms with van der Waals surface area (Å²) in [6.07, 6.45) is 3.62. The fourth-order valence-electron chi connectivity index (χ4n) is 4.95. The number of fused-ring (bicyclic) bond motifs is 1. The van der Waals surface area contributed by atoms with Gasteiger partial charge in [-0.2, -0.15) is 0 Å². The number of nitrogens with zero attached hydrogens (tertiary/aromatic N) is 1. The van der Waals surface area contributed by atoms with Crippen LogP contribution in [0.1, 0.15) is 47.5 Å². The number of rotatable bonds is 5. The molecule has 0 radical (unpaired) electrons. The van der Waals surface area contributed by atoms with Crippen molar-refractivity contribution in [3.63, 3.8) is 0 Å². The van der Waals surface area contributed by atoms with E-state index in [9.17, 15) is 9.59 Å². The Labute approximate surface area is 176 Å². The van der Waals surface area contributed by atoms with Gasteiger partial charge in [-0.3, -0.25) is 9.59 Å². The van der Waals surface area contributed by atoms with Gasteiger partial charge in [0.25, 0.3) is 5.91 Å². The third-order valence-electron chi connectivity index (χ3n) is 6.17. The molecule has 1 aliphatic heterocycles. The van der Waals surface area contributed by atoms with Crippen molar-refractivity contribution in [2.75, 3.05) is 25.6 Å². The first-order valence-electron chi connectivity index (χ1n) is 10.0. The van der Waals surface area contributed by atoms with Crippen LogP contribution in [0.15, 0.2) is 48.5 Å². The number of ether oxygens (including phenoxy) is 1. The minimum absolute atomic E-state index is 0.00800. The number of hydrogen-bond donors (Lipinski definition) is 1.